The van der Waals surface area contributed by atoms with E-state index in [1.54, 1.807) is 18.2 Å². The van der Waals surface area contributed by atoms with E-state index >= 15 is 0 Å². The number of ether oxygens (including phenoxy) is 2. The highest BCUT2D eigenvalue weighted by atomic mass is 35.5. The summed E-state index contributed by atoms with van der Waals surface area (Å²) in [5.41, 5.74) is 2.25. The van der Waals surface area contributed by atoms with E-state index in [-0.39, 0.29) is 24.5 Å². The van der Waals surface area contributed by atoms with Crippen LogP contribution in [0.15, 0.2) is 48.0 Å². The molecule has 1 N–H and O–H groups in total. The molecular weight excluding hydrogens is 418 g/mol. The van der Waals surface area contributed by atoms with Crippen molar-refractivity contribution >= 4 is 29.1 Å². The number of halogens is 1. The second-order valence-electron chi connectivity index (χ2n) is 7.66. The van der Waals surface area contributed by atoms with E-state index in [9.17, 15) is 14.7 Å². The Morgan fingerprint density at radius 3 is 2.39 bits per heavy atom. The van der Waals surface area contributed by atoms with Crippen molar-refractivity contribution in [1.82, 2.24) is 4.90 Å². The Morgan fingerprint density at radius 2 is 1.81 bits per heavy atom. The number of ketones is 1. The number of carbonyl (C=O) groups excluding carboxylic acids is 2. The predicted molar refractivity (Wildman–Crippen MR) is 119 cm³/mol. The standard InChI is InChI=1S/C24H26ClNO5/c1-14(2)15-5-7-16(8-6-15)21-20(23(28)24(29)26(21)11-12-30-3)22(27)17-9-10-18(25)19(13-17)31-4/h5-10,13-14,21,27H,11-12H2,1-4H3/b22-20-. The van der Waals surface area contributed by atoms with Gasteiger partial charge in [-0.05, 0) is 35.2 Å². The van der Waals surface area contributed by atoms with Crippen LogP contribution in [0.4, 0.5) is 0 Å². The molecule has 0 bridgehead atoms. The molecule has 1 amide bonds. The van der Waals surface area contributed by atoms with Gasteiger partial charge in [0.05, 0.1) is 30.4 Å². The lowest BCUT2D eigenvalue weighted by atomic mass is 9.93. The SMILES string of the molecule is COCCN1C(=O)C(=O)/C(=C(\O)c2ccc(Cl)c(OC)c2)C1c1ccc(C(C)C)cc1. The van der Waals surface area contributed by atoms with Gasteiger partial charge in [0.25, 0.3) is 11.7 Å². The monoisotopic (exact) mass is 443 g/mol. The topological polar surface area (TPSA) is 76.1 Å². The first-order chi connectivity index (χ1) is 14.8. The lowest BCUT2D eigenvalue weighted by molar-refractivity contribution is -0.140. The zero-order valence-corrected chi connectivity index (χ0v) is 18.8. The second kappa shape index (κ2) is 9.54. The molecule has 1 fully saturated rings. The molecule has 0 saturated carbocycles. The summed E-state index contributed by atoms with van der Waals surface area (Å²) in [6.45, 7) is 4.67. The van der Waals surface area contributed by atoms with Crippen molar-refractivity contribution < 1.29 is 24.2 Å². The normalized spacial score (nSPS) is 18.1. The molecule has 3 rings (SSSR count). The van der Waals surface area contributed by atoms with Crippen LogP contribution in [0.25, 0.3) is 5.76 Å². The van der Waals surface area contributed by atoms with Crippen LogP contribution in [0.1, 0.15) is 42.5 Å². The van der Waals surface area contributed by atoms with Crippen molar-refractivity contribution in [2.45, 2.75) is 25.8 Å². The molecule has 1 unspecified atom stereocenters. The molecule has 0 aromatic heterocycles. The fraction of sp³-hybridized carbons (Fsp3) is 0.333. The third-order valence-electron chi connectivity index (χ3n) is 5.42. The highest BCUT2D eigenvalue weighted by Gasteiger charge is 2.45. The number of amides is 1. The minimum Gasteiger partial charge on any atom is -0.507 e. The highest BCUT2D eigenvalue weighted by molar-refractivity contribution is 6.46. The van der Waals surface area contributed by atoms with Crippen molar-refractivity contribution in [2.75, 3.05) is 27.4 Å². The molecule has 31 heavy (non-hydrogen) atoms. The Balaban J connectivity index is 2.16. The third kappa shape index (κ3) is 4.45. The number of hydrogen-bond acceptors (Lipinski definition) is 5. The van der Waals surface area contributed by atoms with Gasteiger partial charge in [0.2, 0.25) is 0 Å². The van der Waals surface area contributed by atoms with E-state index in [0.29, 0.717) is 22.3 Å². The van der Waals surface area contributed by atoms with Gasteiger partial charge in [-0.25, -0.2) is 0 Å². The summed E-state index contributed by atoms with van der Waals surface area (Å²) in [4.78, 5) is 27.2. The van der Waals surface area contributed by atoms with Crippen LogP contribution in [-0.4, -0.2) is 49.1 Å². The molecule has 1 heterocycles. The maximum atomic E-state index is 13.0. The minimum absolute atomic E-state index is 0.0303. The first-order valence-corrected chi connectivity index (χ1v) is 10.4. The van der Waals surface area contributed by atoms with Gasteiger partial charge in [-0.15, -0.1) is 0 Å². The van der Waals surface area contributed by atoms with Gasteiger partial charge in [0.15, 0.2) is 0 Å². The number of aliphatic hydroxyl groups is 1. The summed E-state index contributed by atoms with van der Waals surface area (Å²) >= 11 is 6.09. The van der Waals surface area contributed by atoms with Gasteiger partial charge in [-0.2, -0.15) is 0 Å². The summed E-state index contributed by atoms with van der Waals surface area (Å²) in [5, 5.41) is 11.5. The van der Waals surface area contributed by atoms with E-state index in [0.717, 1.165) is 11.1 Å². The number of methoxy groups -OCH3 is 2. The van der Waals surface area contributed by atoms with Crippen molar-refractivity contribution in [1.29, 1.82) is 0 Å². The molecule has 7 heteroatoms. The van der Waals surface area contributed by atoms with E-state index in [1.165, 1.54) is 19.1 Å². The van der Waals surface area contributed by atoms with Gasteiger partial charge in [0.1, 0.15) is 11.5 Å². The minimum atomic E-state index is -0.736. The summed E-state index contributed by atoms with van der Waals surface area (Å²) in [7, 11) is 2.99. The maximum Gasteiger partial charge on any atom is 0.295 e. The van der Waals surface area contributed by atoms with E-state index in [2.05, 4.69) is 13.8 Å². The number of aliphatic hydroxyl groups excluding tert-OH is 1. The quantitative estimate of drug-likeness (QED) is 0.386. The average molecular weight is 444 g/mol. The average Bonchev–Trinajstić information content (AvgIpc) is 3.02. The summed E-state index contributed by atoms with van der Waals surface area (Å²) in [6.07, 6.45) is 0. The first-order valence-electron chi connectivity index (χ1n) is 10.0. The molecule has 0 radical (unpaired) electrons. The Labute approximate surface area is 187 Å². The largest absolute Gasteiger partial charge is 0.507 e. The van der Waals surface area contributed by atoms with Crippen LogP contribution < -0.4 is 4.74 Å². The number of hydrogen-bond donors (Lipinski definition) is 1. The number of benzene rings is 2. The Bertz CT molecular complexity index is 1010. The summed E-state index contributed by atoms with van der Waals surface area (Å²) in [5.74, 6) is -0.975. The van der Waals surface area contributed by atoms with Gasteiger partial charge in [-0.1, -0.05) is 49.7 Å². The summed E-state index contributed by atoms with van der Waals surface area (Å²) in [6, 6.07) is 11.7. The lowest BCUT2D eigenvalue weighted by Crippen LogP contribution is -2.32. The zero-order chi connectivity index (χ0) is 22.7. The van der Waals surface area contributed by atoms with Crippen LogP contribution >= 0.6 is 11.6 Å². The zero-order valence-electron chi connectivity index (χ0n) is 18.0. The molecule has 1 atom stereocenters. The lowest BCUT2D eigenvalue weighted by Gasteiger charge is -2.25. The van der Waals surface area contributed by atoms with Crippen LogP contribution in [0.5, 0.6) is 5.75 Å². The van der Waals surface area contributed by atoms with Crippen LogP contribution in [0.2, 0.25) is 5.02 Å². The molecular formula is C24H26ClNO5. The van der Waals surface area contributed by atoms with Gasteiger partial charge in [0, 0.05) is 19.2 Å². The smallest absolute Gasteiger partial charge is 0.295 e. The molecule has 1 saturated heterocycles. The summed E-state index contributed by atoms with van der Waals surface area (Å²) < 4.78 is 10.4. The fourth-order valence-electron chi connectivity index (χ4n) is 3.67. The fourth-order valence-corrected chi connectivity index (χ4v) is 3.87. The molecule has 164 valence electrons. The Hall–Kier alpha value is -2.83. The highest BCUT2D eigenvalue weighted by Crippen LogP contribution is 2.40. The van der Waals surface area contributed by atoms with E-state index in [4.69, 9.17) is 21.1 Å². The number of Topliss-reactive ketones (excluding diaryl/α,β-unsaturated/α-hetero) is 1. The molecule has 1 aliphatic heterocycles. The number of carbonyl (C=O) groups is 2. The van der Waals surface area contributed by atoms with Crippen molar-refractivity contribution in [3.8, 4) is 5.75 Å². The maximum absolute atomic E-state index is 13.0. The Kier molecular flexibility index (Phi) is 7.03. The van der Waals surface area contributed by atoms with Crippen LogP contribution in [0, 0.1) is 0 Å². The third-order valence-corrected chi connectivity index (χ3v) is 5.73. The molecule has 2 aromatic carbocycles. The molecule has 1 aliphatic rings. The van der Waals surface area contributed by atoms with Crippen LogP contribution in [-0.2, 0) is 14.3 Å². The number of likely N-dealkylation sites (tertiary alicyclic amines) is 1. The van der Waals surface area contributed by atoms with Gasteiger partial charge < -0.3 is 19.5 Å². The first kappa shape index (κ1) is 22.8. The molecule has 0 aliphatic carbocycles. The van der Waals surface area contributed by atoms with Crippen molar-refractivity contribution in [3.63, 3.8) is 0 Å². The van der Waals surface area contributed by atoms with Gasteiger partial charge >= 0.3 is 0 Å². The van der Waals surface area contributed by atoms with Crippen molar-refractivity contribution in [2.24, 2.45) is 0 Å². The predicted octanol–water partition coefficient (Wildman–Crippen LogP) is 4.54. The number of nitrogens with zero attached hydrogens (tertiary/aromatic N) is 1. The van der Waals surface area contributed by atoms with Crippen molar-refractivity contribution in [3.05, 3.63) is 69.8 Å². The number of rotatable bonds is 7. The molecule has 2 aromatic rings. The van der Waals surface area contributed by atoms with E-state index in [1.807, 2.05) is 24.3 Å². The van der Waals surface area contributed by atoms with E-state index < -0.39 is 17.7 Å². The Morgan fingerprint density at radius 1 is 1.13 bits per heavy atom. The molecule has 0 spiro atoms. The second-order valence-corrected chi connectivity index (χ2v) is 8.06. The molecule has 6 nitrogen and oxygen atoms in total. The van der Waals surface area contributed by atoms with Gasteiger partial charge in [-0.3, -0.25) is 9.59 Å². The van der Waals surface area contributed by atoms with Crippen LogP contribution in [0.3, 0.4) is 0 Å².